The normalized spacial score (nSPS) is 10.7. The van der Waals surface area contributed by atoms with E-state index < -0.39 is 18.5 Å². The number of aromatic nitrogens is 1. The minimum Gasteiger partial charge on any atom is -0.485 e. The molecular formula is C29H26F2N2O7. The smallest absolute Gasteiger partial charge is 0.387 e. The van der Waals surface area contributed by atoms with Crippen LogP contribution in [0.15, 0.2) is 83.5 Å². The first-order valence-electron chi connectivity index (χ1n) is 12.3. The Balaban J connectivity index is 1.42. The van der Waals surface area contributed by atoms with Gasteiger partial charge in [-0.2, -0.15) is 8.78 Å². The number of nitrogens with zero attached hydrogens (tertiary/aromatic N) is 1. The highest BCUT2D eigenvalue weighted by Gasteiger charge is 2.17. The summed E-state index contributed by atoms with van der Waals surface area (Å²) in [4.78, 5) is 28.8. The second kappa shape index (κ2) is 13.7. The number of alkyl halides is 2. The Kier molecular flexibility index (Phi) is 9.65. The Hall–Kier alpha value is -4.93. The van der Waals surface area contributed by atoms with Crippen molar-refractivity contribution >= 4 is 11.9 Å². The zero-order chi connectivity index (χ0) is 28.3. The lowest BCUT2D eigenvalue weighted by Gasteiger charge is -2.13. The van der Waals surface area contributed by atoms with E-state index in [1.165, 1.54) is 24.5 Å². The molecule has 3 aromatic carbocycles. The first kappa shape index (κ1) is 28.1. The maximum atomic E-state index is 12.9. The summed E-state index contributed by atoms with van der Waals surface area (Å²) in [5, 5.41) is 2.73. The minimum absolute atomic E-state index is 0.0263. The van der Waals surface area contributed by atoms with Crippen molar-refractivity contribution in [1.82, 2.24) is 10.3 Å². The topological polar surface area (TPSA) is 109 Å². The van der Waals surface area contributed by atoms with E-state index in [4.69, 9.17) is 18.6 Å². The van der Waals surface area contributed by atoms with Crippen LogP contribution in [0.5, 0.6) is 17.2 Å². The number of amides is 1. The second-order valence-corrected chi connectivity index (χ2v) is 8.23. The summed E-state index contributed by atoms with van der Waals surface area (Å²) in [7, 11) is 0. The molecule has 0 spiro atoms. The molecule has 0 aliphatic carbocycles. The van der Waals surface area contributed by atoms with Crippen LogP contribution in [-0.4, -0.2) is 36.7 Å². The quantitative estimate of drug-likeness (QED) is 0.220. The van der Waals surface area contributed by atoms with Gasteiger partial charge in [-0.1, -0.05) is 42.5 Å². The Labute approximate surface area is 228 Å². The van der Waals surface area contributed by atoms with E-state index in [2.05, 4.69) is 15.0 Å². The summed E-state index contributed by atoms with van der Waals surface area (Å²) in [5.41, 5.74) is 1.94. The van der Waals surface area contributed by atoms with Crippen molar-refractivity contribution in [1.29, 1.82) is 0 Å². The van der Waals surface area contributed by atoms with Gasteiger partial charge >= 0.3 is 12.6 Å². The number of halogens is 2. The van der Waals surface area contributed by atoms with Crippen molar-refractivity contribution < 1.29 is 41.7 Å². The highest BCUT2D eigenvalue weighted by molar-refractivity contribution is 5.96. The van der Waals surface area contributed by atoms with Gasteiger partial charge in [0.1, 0.15) is 18.6 Å². The summed E-state index contributed by atoms with van der Waals surface area (Å²) >= 11 is 0. The fraction of sp³-hybridized carbons (Fsp3) is 0.207. The first-order chi connectivity index (χ1) is 19.4. The van der Waals surface area contributed by atoms with Gasteiger partial charge < -0.3 is 28.7 Å². The van der Waals surface area contributed by atoms with Crippen LogP contribution in [0.3, 0.4) is 0 Å². The molecule has 1 N–H and O–H groups in total. The maximum absolute atomic E-state index is 12.9. The third kappa shape index (κ3) is 7.79. The molecule has 0 saturated carbocycles. The molecule has 0 bridgehead atoms. The van der Waals surface area contributed by atoms with Crippen LogP contribution >= 0.6 is 0 Å². The van der Waals surface area contributed by atoms with E-state index in [-0.39, 0.29) is 55.1 Å². The summed E-state index contributed by atoms with van der Waals surface area (Å²) in [6.45, 7) is -1.29. The lowest BCUT2D eigenvalue weighted by atomic mass is 10.2. The molecule has 0 saturated heterocycles. The number of nitrogens with one attached hydrogen (secondary N) is 1. The SMILES string of the molecule is CCOC(=O)COc1ccccc1C(=O)NCc1coc(-c2ccc(OC(F)F)c(OCc3ccccc3)c2)n1. The van der Waals surface area contributed by atoms with Crippen LogP contribution in [0, 0.1) is 0 Å². The van der Waals surface area contributed by atoms with Gasteiger partial charge in [-0.3, -0.25) is 4.79 Å². The monoisotopic (exact) mass is 552 g/mol. The average Bonchev–Trinajstić information content (AvgIpc) is 3.44. The molecule has 1 heterocycles. The van der Waals surface area contributed by atoms with Gasteiger partial charge in [-0.15, -0.1) is 0 Å². The van der Waals surface area contributed by atoms with Crippen molar-refractivity contribution in [2.75, 3.05) is 13.2 Å². The van der Waals surface area contributed by atoms with E-state index >= 15 is 0 Å². The molecule has 1 amide bonds. The van der Waals surface area contributed by atoms with Crippen LogP contribution in [-0.2, 0) is 22.7 Å². The number of hydrogen-bond acceptors (Lipinski definition) is 8. The molecule has 0 unspecified atom stereocenters. The fourth-order valence-electron chi connectivity index (χ4n) is 3.59. The summed E-state index contributed by atoms with van der Waals surface area (Å²) in [6, 6.07) is 20.1. The van der Waals surface area contributed by atoms with Crippen molar-refractivity contribution in [3.05, 3.63) is 95.9 Å². The predicted molar refractivity (Wildman–Crippen MR) is 139 cm³/mol. The highest BCUT2D eigenvalue weighted by Crippen LogP contribution is 2.34. The standard InChI is InChI=1S/C29H26F2N2O7/c1-2-36-26(34)18-38-23-11-7-6-10-22(23)27(35)32-15-21-17-39-28(33-21)20-12-13-24(40-29(30)31)25(14-20)37-16-19-8-4-3-5-9-19/h3-14,17,29H,2,15-16,18H2,1H3,(H,32,35). The molecule has 0 aliphatic heterocycles. The summed E-state index contributed by atoms with van der Waals surface area (Å²) in [6.07, 6.45) is 1.37. The molecular weight excluding hydrogens is 526 g/mol. The number of para-hydroxylation sites is 1. The molecule has 1 aromatic heterocycles. The van der Waals surface area contributed by atoms with Crippen LogP contribution in [0.25, 0.3) is 11.5 Å². The number of ether oxygens (including phenoxy) is 4. The lowest BCUT2D eigenvalue weighted by molar-refractivity contribution is -0.145. The number of carbonyl (C=O) groups excluding carboxylic acids is 2. The van der Waals surface area contributed by atoms with Crippen LogP contribution in [0.2, 0.25) is 0 Å². The Bertz CT molecular complexity index is 1430. The number of esters is 1. The molecule has 0 atom stereocenters. The maximum Gasteiger partial charge on any atom is 0.387 e. The third-order valence-corrected chi connectivity index (χ3v) is 5.41. The molecule has 40 heavy (non-hydrogen) atoms. The zero-order valence-electron chi connectivity index (χ0n) is 21.5. The molecule has 11 heteroatoms. The number of benzene rings is 3. The summed E-state index contributed by atoms with van der Waals surface area (Å²) in [5.74, 6) is -0.616. The predicted octanol–water partition coefficient (Wildman–Crippen LogP) is 5.39. The molecule has 4 aromatic rings. The molecule has 0 radical (unpaired) electrons. The first-order valence-corrected chi connectivity index (χ1v) is 12.3. The van der Waals surface area contributed by atoms with Crippen molar-refractivity contribution in [2.45, 2.75) is 26.7 Å². The number of rotatable bonds is 13. The Morgan fingerprint density at radius 2 is 1.73 bits per heavy atom. The van der Waals surface area contributed by atoms with Crippen molar-refractivity contribution in [2.24, 2.45) is 0 Å². The van der Waals surface area contributed by atoms with E-state index in [1.807, 2.05) is 30.3 Å². The summed E-state index contributed by atoms with van der Waals surface area (Å²) < 4.78 is 52.0. The molecule has 208 valence electrons. The van der Waals surface area contributed by atoms with Gasteiger partial charge in [0.15, 0.2) is 18.1 Å². The van der Waals surface area contributed by atoms with E-state index in [0.29, 0.717) is 11.3 Å². The van der Waals surface area contributed by atoms with Gasteiger partial charge in [0, 0.05) is 5.56 Å². The van der Waals surface area contributed by atoms with Crippen LogP contribution in [0.4, 0.5) is 8.78 Å². The number of hydrogen-bond donors (Lipinski definition) is 1. The van der Waals surface area contributed by atoms with E-state index in [1.54, 1.807) is 31.2 Å². The Morgan fingerprint density at radius 1 is 0.950 bits per heavy atom. The fourth-order valence-corrected chi connectivity index (χ4v) is 3.59. The average molecular weight is 553 g/mol. The van der Waals surface area contributed by atoms with E-state index in [9.17, 15) is 18.4 Å². The van der Waals surface area contributed by atoms with Crippen LogP contribution in [0.1, 0.15) is 28.5 Å². The lowest BCUT2D eigenvalue weighted by Crippen LogP contribution is -2.24. The highest BCUT2D eigenvalue weighted by atomic mass is 19.3. The van der Waals surface area contributed by atoms with Crippen molar-refractivity contribution in [3.63, 3.8) is 0 Å². The molecule has 4 rings (SSSR count). The van der Waals surface area contributed by atoms with Gasteiger partial charge in [-0.05, 0) is 42.8 Å². The molecule has 0 fully saturated rings. The third-order valence-electron chi connectivity index (χ3n) is 5.41. The Morgan fingerprint density at radius 3 is 2.50 bits per heavy atom. The zero-order valence-corrected chi connectivity index (χ0v) is 21.5. The van der Waals surface area contributed by atoms with E-state index in [0.717, 1.165) is 5.56 Å². The second-order valence-electron chi connectivity index (χ2n) is 8.23. The van der Waals surface area contributed by atoms with Gasteiger partial charge in [-0.25, -0.2) is 9.78 Å². The number of carbonyl (C=O) groups is 2. The molecule has 9 nitrogen and oxygen atoms in total. The minimum atomic E-state index is -3.03. The molecule has 0 aliphatic rings. The van der Waals surface area contributed by atoms with Crippen LogP contribution < -0.4 is 19.5 Å². The van der Waals surface area contributed by atoms with Gasteiger partial charge in [0.25, 0.3) is 5.91 Å². The van der Waals surface area contributed by atoms with Gasteiger partial charge in [0.2, 0.25) is 5.89 Å². The largest absolute Gasteiger partial charge is 0.485 e. The number of oxazole rings is 1. The van der Waals surface area contributed by atoms with Gasteiger partial charge in [0.05, 0.1) is 24.4 Å². The van der Waals surface area contributed by atoms with Crippen molar-refractivity contribution in [3.8, 4) is 28.7 Å².